The molecule has 2 bridgehead atoms. The molecule has 10 N–H and O–H groups in total. The summed E-state index contributed by atoms with van der Waals surface area (Å²) >= 11 is 0. The standard InChI is InChI=1S/C48H78O18/c1-21(2)15-23-16-46(8,58)39-24-9-10-28-44(6)13-12-29(43(4,5)27(44)11-14-45(28,7)47(24)19-48(39,66-23)59-20-47)63-42-38(65-40-35(56)33(54)30(51)22(3)60-40)37(32(53)26(18-50)62-42)64-41-36(57)34(55)31(52)25(17-49)61-41/h15,22-42,49-58H,9-14,16-20H2,1-8H3. The minimum absolute atomic E-state index is 0.0990. The molecule has 9 rings (SSSR count). The molecule has 9 aliphatic rings. The zero-order valence-corrected chi connectivity index (χ0v) is 39.7. The molecule has 0 radical (unpaired) electrons. The first kappa shape index (κ1) is 50.0. The van der Waals surface area contributed by atoms with Crippen molar-refractivity contribution in [2.24, 2.45) is 45.3 Å². The van der Waals surface area contributed by atoms with Crippen molar-refractivity contribution < 1.29 is 89.0 Å². The predicted molar refractivity (Wildman–Crippen MR) is 229 cm³/mol. The van der Waals surface area contributed by atoms with Crippen molar-refractivity contribution in [3.8, 4) is 0 Å². The summed E-state index contributed by atoms with van der Waals surface area (Å²) in [5.74, 6) is -0.197. The number of hydrogen-bond donors (Lipinski definition) is 10. The molecule has 5 heterocycles. The molecular weight excluding hydrogens is 865 g/mol. The van der Waals surface area contributed by atoms with Crippen LogP contribution in [0.5, 0.6) is 0 Å². The molecule has 0 aromatic carbocycles. The topological polar surface area (TPSA) is 276 Å². The highest BCUT2D eigenvalue weighted by Gasteiger charge is 2.81. The lowest BCUT2D eigenvalue weighted by atomic mass is 9.35. The summed E-state index contributed by atoms with van der Waals surface area (Å²) in [4.78, 5) is 0. The van der Waals surface area contributed by atoms with Gasteiger partial charge in [0.05, 0.1) is 43.7 Å². The Morgan fingerprint density at radius 3 is 1.95 bits per heavy atom. The van der Waals surface area contributed by atoms with Gasteiger partial charge in [0, 0.05) is 24.2 Å². The molecule has 378 valence electrons. The zero-order chi connectivity index (χ0) is 47.8. The number of rotatable bonds is 9. The van der Waals surface area contributed by atoms with E-state index in [4.69, 9.17) is 37.9 Å². The van der Waals surface area contributed by atoms with Crippen molar-refractivity contribution in [1.82, 2.24) is 0 Å². The Labute approximate surface area is 387 Å². The summed E-state index contributed by atoms with van der Waals surface area (Å²) in [6.45, 7) is 16.1. The fraction of sp³-hybridized carbons (Fsp3) is 0.958. The third-order valence-electron chi connectivity index (χ3n) is 19.1. The Kier molecular flexibility index (Phi) is 13.1. The minimum atomic E-state index is -1.87. The normalized spacial score (nSPS) is 57.6. The van der Waals surface area contributed by atoms with Crippen molar-refractivity contribution >= 4 is 0 Å². The highest BCUT2D eigenvalue weighted by Crippen LogP contribution is 2.80. The first-order valence-corrected chi connectivity index (χ1v) is 24.5. The van der Waals surface area contributed by atoms with Gasteiger partial charge in [0.2, 0.25) is 0 Å². The Bertz CT molecular complexity index is 1790. The molecule has 4 aliphatic carbocycles. The number of aliphatic hydroxyl groups is 10. The average molecular weight is 943 g/mol. The van der Waals surface area contributed by atoms with Gasteiger partial charge in [0.25, 0.3) is 0 Å². The van der Waals surface area contributed by atoms with Crippen molar-refractivity contribution in [2.45, 2.75) is 222 Å². The van der Waals surface area contributed by atoms with Crippen molar-refractivity contribution in [3.63, 3.8) is 0 Å². The molecule has 5 saturated heterocycles. The molecule has 9 fully saturated rings. The first-order valence-electron chi connectivity index (χ1n) is 24.5. The van der Waals surface area contributed by atoms with Gasteiger partial charge < -0.3 is 89.0 Å². The molecule has 18 nitrogen and oxygen atoms in total. The van der Waals surface area contributed by atoms with E-state index in [2.05, 4.69) is 47.6 Å². The minimum Gasteiger partial charge on any atom is -0.394 e. The molecule has 26 unspecified atom stereocenters. The molecule has 0 amide bonds. The summed E-state index contributed by atoms with van der Waals surface area (Å²) < 4.78 is 51.2. The highest BCUT2D eigenvalue weighted by atomic mass is 16.8. The van der Waals surface area contributed by atoms with E-state index in [1.54, 1.807) is 0 Å². The number of aliphatic hydroxyl groups excluding tert-OH is 9. The van der Waals surface area contributed by atoms with Gasteiger partial charge in [0.15, 0.2) is 24.7 Å². The van der Waals surface area contributed by atoms with E-state index in [9.17, 15) is 51.1 Å². The van der Waals surface area contributed by atoms with E-state index in [0.29, 0.717) is 25.4 Å². The van der Waals surface area contributed by atoms with Gasteiger partial charge in [-0.05, 0) is 100 Å². The molecular formula is C48H78O18. The van der Waals surface area contributed by atoms with Crippen LogP contribution in [0.4, 0.5) is 0 Å². The molecule has 2 spiro atoms. The van der Waals surface area contributed by atoms with Gasteiger partial charge >= 0.3 is 0 Å². The van der Waals surface area contributed by atoms with Crippen LogP contribution in [0.1, 0.15) is 107 Å². The molecule has 0 aromatic rings. The number of allylic oxidation sites excluding steroid dienone is 1. The molecule has 4 saturated carbocycles. The first-order chi connectivity index (χ1) is 30.9. The van der Waals surface area contributed by atoms with Crippen molar-refractivity contribution in [2.75, 3.05) is 19.8 Å². The van der Waals surface area contributed by atoms with Gasteiger partial charge in [0.1, 0.15) is 67.1 Å². The maximum atomic E-state index is 12.2. The molecule has 66 heavy (non-hydrogen) atoms. The number of fused-ring (bicyclic) bond motifs is 4. The van der Waals surface area contributed by atoms with Crippen LogP contribution in [0, 0.1) is 45.3 Å². The second kappa shape index (κ2) is 17.4. The summed E-state index contributed by atoms with van der Waals surface area (Å²) in [7, 11) is 0. The second-order valence-electron chi connectivity index (χ2n) is 23.4. The van der Waals surface area contributed by atoms with Crippen LogP contribution in [0.3, 0.4) is 0 Å². The van der Waals surface area contributed by atoms with Crippen LogP contribution >= 0.6 is 0 Å². The van der Waals surface area contributed by atoms with Crippen LogP contribution in [0.2, 0.25) is 0 Å². The third kappa shape index (κ3) is 7.48. The summed E-state index contributed by atoms with van der Waals surface area (Å²) in [5.41, 5.74) is -0.685. The van der Waals surface area contributed by atoms with Gasteiger partial charge in [-0.1, -0.05) is 39.3 Å². The van der Waals surface area contributed by atoms with Gasteiger partial charge in [-0.3, -0.25) is 0 Å². The number of ether oxygens (including phenoxy) is 8. The monoisotopic (exact) mass is 943 g/mol. The molecule has 18 heteroatoms. The van der Waals surface area contributed by atoms with E-state index in [-0.39, 0.29) is 40.1 Å². The zero-order valence-electron chi connectivity index (χ0n) is 39.7. The van der Waals surface area contributed by atoms with Crippen LogP contribution in [0.15, 0.2) is 11.6 Å². The Balaban J connectivity index is 0.996. The van der Waals surface area contributed by atoms with E-state index >= 15 is 0 Å². The van der Waals surface area contributed by atoms with Gasteiger partial charge in [-0.15, -0.1) is 0 Å². The highest BCUT2D eigenvalue weighted by molar-refractivity contribution is 5.26. The van der Waals surface area contributed by atoms with Crippen molar-refractivity contribution in [3.05, 3.63) is 11.6 Å². The van der Waals surface area contributed by atoms with Crippen LogP contribution in [-0.2, 0) is 37.9 Å². The Hall–Kier alpha value is -0.980. The summed E-state index contributed by atoms with van der Waals surface area (Å²) in [5, 5.41) is 109. The fourth-order valence-corrected chi connectivity index (χ4v) is 16.0. The lowest BCUT2D eigenvalue weighted by Crippen LogP contribution is -2.68. The van der Waals surface area contributed by atoms with Crippen LogP contribution < -0.4 is 0 Å². The lowest BCUT2D eigenvalue weighted by molar-refractivity contribution is -0.398. The number of hydrogen-bond acceptors (Lipinski definition) is 18. The van der Waals surface area contributed by atoms with Gasteiger partial charge in [-0.25, -0.2) is 0 Å². The maximum absolute atomic E-state index is 12.2. The SMILES string of the molecule is CC(C)=CC1CC(C)(O)C2C3CCC4C5(C)CCC(OC6OC(CO)C(O)C(OC7OC(CO)C(O)C(O)C7O)C6OC6OC(C)C(O)C(O)C6O)C(C)(C)C5CCC4(C)C34COC2(C4)O1. The third-order valence-corrected chi connectivity index (χ3v) is 19.1. The van der Waals surface area contributed by atoms with E-state index in [1.165, 1.54) is 6.92 Å². The fourth-order valence-electron chi connectivity index (χ4n) is 16.0. The molecule has 26 atom stereocenters. The average Bonchev–Trinajstić information content (AvgIpc) is 3.77. The lowest BCUT2D eigenvalue weighted by Gasteiger charge is -2.70. The predicted octanol–water partition coefficient (Wildman–Crippen LogP) is 0.355. The largest absolute Gasteiger partial charge is 0.394 e. The Morgan fingerprint density at radius 1 is 0.667 bits per heavy atom. The van der Waals surface area contributed by atoms with E-state index in [0.717, 1.165) is 44.1 Å². The van der Waals surface area contributed by atoms with Crippen molar-refractivity contribution in [1.29, 1.82) is 0 Å². The summed E-state index contributed by atoms with van der Waals surface area (Å²) in [6.07, 6.45) is -15.6. The second-order valence-corrected chi connectivity index (χ2v) is 23.4. The summed E-state index contributed by atoms with van der Waals surface area (Å²) in [6, 6.07) is 0. The smallest absolute Gasteiger partial charge is 0.187 e. The van der Waals surface area contributed by atoms with Crippen LogP contribution in [-0.4, -0.2) is 187 Å². The van der Waals surface area contributed by atoms with E-state index < -0.39 is 128 Å². The Morgan fingerprint density at radius 2 is 1.29 bits per heavy atom. The van der Waals surface area contributed by atoms with Crippen LogP contribution in [0.25, 0.3) is 0 Å². The maximum Gasteiger partial charge on any atom is 0.187 e. The molecule has 0 aromatic heterocycles. The quantitative estimate of drug-likeness (QED) is 0.110. The van der Waals surface area contributed by atoms with E-state index in [1.807, 2.05) is 6.92 Å². The van der Waals surface area contributed by atoms with Gasteiger partial charge in [-0.2, -0.15) is 0 Å². The molecule has 5 aliphatic heterocycles.